The molecule has 0 saturated heterocycles. The summed E-state index contributed by atoms with van der Waals surface area (Å²) in [5, 5.41) is 11.1. The van der Waals surface area contributed by atoms with Crippen molar-refractivity contribution in [2.45, 2.75) is 91.1 Å². The zero-order chi connectivity index (χ0) is 17.4. The molecule has 0 aromatic carbocycles. The van der Waals surface area contributed by atoms with Gasteiger partial charge in [0, 0.05) is 5.41 Å². The molecular weight excluding hydrogens is 292 g/mol. The van der Waals surface area contributed by atoms with Crippen molar-refractivity contribution in [2.75, 3.05) is 0 Å². The van der Waals surface area contributed by atoms with Gasteiger partial charge in [0.15, 0.2) is 0 Å². The van der Waals surface area contributed by atoms with Gasteiger partial charge in [-0.1, -0.05) is 40.0 Å². The van der Waals surface area contributed by atoms with Crippen molar-refractivity contribution in [2.24, 2.45) is 39.9 Å². The Kier molecular flexibility index (Phi) is 3.56. The molecule has 0 spiro atoms. The number of hydrogen-bond donors (Lipinski definition) is 1. The lowest BCUT2D eigenvalue weighted by molar-refractivity contribution is -0.159. The molecule has 4 aliphatic carbocycles. The highest BCUT2D eigenvalue weighted by atomic mass is 16.3. The first kappa shape index (κ1) is 17.0. The van der Waals surface area contributed by atoms with Crippen molar-refractivity contribution >= 4 is 0 Å². The van der Waals surface area contributed by atoms with Crippen LogP contribution in [-0.4, -0.2) is 10.7 Å². The Labute approximate surface area is 149 Å². The quantitative estimate of drug-likeness (QED) is 0.589. The molecule has 0 radical (unpaired) electrons. The number of rotatable bonds is 0. The second-order valence-corrected chi connectivity index (χ2v) is 10.9. The molecule has 0 bridgehead atoms. The summed E-state index contributed by atoms with van der Waals surface area (Å²) >= 11 is 0. The minimum absolute atomic E-state index is 0.0453. The van der Waals surface area contributed by atoms with Crippen molar-refractivity contribution in [3.63, 3.8) is 0 Å². The van der Waals surface area contributed by atoms with Gasteiger partial charge in [-0.2, -0.15) is 0 Å². The lowest BCUT2D eigenvalue weighted by atomic mass is 9.41. The zero-order valence-corrected chi connectivity index (χ0v) is 16.2. The molecule has 0 heterocycles. The lowest BCUT2D eigenvalue weighted by Crippen LogP contribution is -2.58. The van der Waals surface area contributed by atoms with Gasteiger partial charge in [-0.05, 0) is 85.9 Å². The first-order valence-corrected chi connectivity index (χ1v) is 10.4. The van der Waals surface area contributed by atoms with Crippen molar-refractivity contribution in [1.82, 2.24) is 0 Å². The van der Waals surface area contributed by atoms with Gasteiger partial charge in [0.1, 0.15) is 5.60 Å². The Morgan fingerprint density at radius 1 is 0.875 bits per heavy atom. The molecule has 7 atom stereocenters. The molecule has 1 nitrogen and oxygen atoms in total. The minimum atomic E-state index is -0.855. The highest BCUT2D eigenvalue weighted by Gasteiger charge is 2.65. The fourth-order valence-corrected chi connectivity index (χ4v) is 8.45. The van der Waals surface area contributed by atoms with Crippen LogP contribution in [0.15, 0.2) is 0 Å². The molecule has 134 valence electrons. The summed E-state index contributed by atoms with van der Waals surface area (Å²) in [6.07, 6.45) is 17.2. The molecule has 4 rings (SSSR count). The maximum absolute atomic E-state index is 11.1. The third kappa shape index (κ3) is 1.93. The van der Waals surface area contributed by atoms with Gasteiger partial charge < -0.3 is 5.11 Å². The molecule has 4 fully saturated rings. The Morgan fingerprint density at radius 3 is 2.29 bits per heavy atom. The van der Waals surface area contributed by atoms with E-state index in [1.165, 1.54) is 38.5 Å². The number of terminal acetylenes is 1. The second kappa shape index (κ2) is 5.03. The zero-order valence-electron chi connectivity index (χ0n) is 16.2. The van der Waals surface area contributed by atoms with Gasteiger partial charge >= 0.3 is 0 Å². The van der Waals surface area contributed by atoms with Crippen LogP contribution in [0.4, 0.5) is 0 Å². The van der Waals surface area contributed by atoms with Gasteiger partial charge in [-0.15, -0.1) is 6.42 Å². The van der Waals surface area contributed by atoms with Gasteiger partial charge in [0.2, 0.25) is 0 Å². The summed E-state index contributed by atoms with van der Waals surface area (Å²) < 4.78 is 0. The Morgan fingerprint density at radius 2 is 1.58 bits per heavy atom. The van der Waals surface area contributed by atoms with Crippen LogP contribution in [0.1, 0.15) is 85.5 Å². The molecular formula is C23H36O. The van der Waals surface area contributed by atoms with Gasteiger partial charge in [-0.25, -0.2) is 0 Å². The van der Waals surface area contributed by atoms with E-state index in [4.69, 9.17) is 6.42 Å². The van der Waals surface area contributed by atoms with Crippen LogP contribution in [0.3, 0.4) is 0 Å². The van der Waals surface area contributed by atoms with Crippen LogP contribution < -0.4 is 0 Å². The van der Waals surface area contributed by atoms with Crippen LogP contribution in [0, 0.1) is 52.3 Å². The Hall–Kier alpha value is -0.480. The topological polar surface area (TPSA) is 20.2 Å². The highest BCUT2D eigenvalue weighted by molar-refractivity contribution is 5.23. The fourth-order valence-electron chi connectivity index (χ4n) is 8.45. The van der Waals surface area contributed by atoms with E-state index in [0.717, 1.165) is 37.0 Å². The van der Waals surface area contributed by atoms with E-state index in [9.17, 15) is 5.11 Å². The molecule has 0 aromatic heterocycles. The third-order valence-electron chi connectivity index (χ3n) is 9.74. The van der Waals surface area contributed by atoms with Crippen LogP contribution >= 0.6 is 0 Å². The minimum Gasteiger partial charge on any atom is -0.377 e. The molecule has 1 heteroatoms. The Bertz CT molecular complexity index is 571. The van der Waals surface area contributed by atoms with Crippen LogP contribution in [0.25, 0.3) is 0 Å². The molecule has 4 saturated carbocycles. The van der Waals surface area contributed by atoms with Crippen molar-refractivity contribution in [3.05, 3.63) is 0 Å². The standard InChI is InChI=1S/C23H36O/c1-6-23(24)15-11-18-16-8-9-19-20(2,3)12-7-13-21(19,4)17(16)10-14-22(18,23)5/h1,16-19,24H,7-15H2,2-5H3/t16-,17+,18-,19-,21+,22-,23+/m1/s1. The molecule has 0 aromatic rings. The molecule has 1 N–H and O–H groups in total. The van der Waals surface area contributed by atoms with Crippen LogP contribution in [-0.2, 0) is 0 Å². The second-order valence-electron chi connectivity index (χ2n) is 10.9. The largest absolute Gasteiger partial charge is 0.377 e. The van der Waals surface area contributed by atoms with E-state index in [1.807, 2.05) is 0 Å². The summed E-state index contributed by atoms with van der Waals surface area (Å²) in [4.78, 5) is 0. The van der Waals surface area contributed by atoms with E-state index in [1.54, 1.807) is 0 Å². The van der Waals surface area contributed by atoms with E-state index in [-0.39, 0.29) is 5.41 Å². The van der Waals surface area contributed by atoms with Gasteiger partial charge in [0.25, 0.3) is 0 Å². The third-order valence-corrected chi connectivity index (χ3v) is 9.74. The Balaban J connectivity index is 1.68. The lowest BCUT2D eigenvalue weighted by Gasteiger charge is -2.64. The SMILES string of the molecule is C#C[C@]1(O)CC[C@@H]2[C@@H]3CC[C@@H]4C(C)(C)CCC[C@@]4(C)[C@H]3CC[C@]21C. The summed E-state index contributed by atoms with van der Waals surface area (Å²) in [5.41, 5.74) is 0.124. The fraction of sp³-hybridized carbons (Fsp3) is 0.913. The average molecular weight is 329 g/mol. The van der Waals surface area contributed by atoms with Crippen molar-refractivity contribution in [1.29, 1.82) is 0 Å². The van der Waals surface area contributed by atoms with E-state index in [0.29, 0.717) is 16.7 Å². The summed E-state index contributed by atoms with van der Waals surface area (Å²) in [6, 6.07) is 0. The monoisotopic (exact) mass is 328 g/mol. The molecule has 0 amide bonds. The van der Waals surface area contributed by atoms with Crippen LogP contribution in [0.5, 0.6) is 0 Å². The predicted molar refractivity (Wildman–Crippen MR) is 99.3 cm³/mol. The first-order chi connectivity index (χ1) is 11.2. The van der Waals surface area contributed by atoms with E-state index < -0.39 is 5.60 Å². The van der Waals surface area contributed by atoms with E-state index >= 15 is 0 Å². The average Bonchev–Trinajstić information content (AvgIpc) is 2.79. The maximum atomic E-state index is 11.1. The van der Waals surface area contributed by atoms with Crippen LogP contribution in [0.2, 0.25) is 0 Å². The smallest absolute Gasteiger partial charge is 0.130 e. The van der Waals surface area contributed by atoms with Crippen molar-refractivity contribution in [3.8, 4) is 12.3 Å². The highest BCUT2D eigenvalue weighted by Crippen LogP contribution is 2.70. The van der Waals surface area contributed by atoms with Gasteiger partial charge in [-0.3, -0.25) is 0 Å². The maximum Gasteiger partial charge on any atom is 0.130 e. The summed E-state index contributed by atoms with van der Waals surface area (Å²) in [6.45, 7) is 9.98. The molecule has 0 aliphatic heterocycles. The molecule has 4 aliphatic rings. The molecule has 0 unspecified atom stereocenters. The predicted octanol–water partition coefficient (Wildman–Crippen LogP) is 5.42. The number of hydrogen-bond acceptors (Lipinski definition) is 1. The first-order valence-electron chi connectivity index (χ1n) is 10.4. The molecule has 24 heavy (non-hydrogen) atoms. The normalized spacial score (nSPS) is 55.8. The summed E-state index contributed by atoms with van der Waals surface area (Å²) in [5.74, 6) is 5.98. The number of fused-ring (bicyclic) bond motifs is 5. The number of aliphatic hydroxyl groups is 1. The summed E-state index contributed by atoms with van der Waals surface area (Å²) in [7, 11) is 0. The van der Waals surface area contributed by atoms with Crippen molar-refractivity contribution < 1.29 is 5.11 Å². The van der Waals surface area contributed by atoms with E-state index in [2.05, 4.69) is 33.6 Å². The van der Waals surface area contributed by atoms with Gasteiger partial charge in [0.05, 0.1) is 0 Å².